The molecule has 0 radical (unpaired) electrons. The van der Waals surface area contributed by atoms with Crippen LogP contribution in [0.4, 0.5) is 0 Å². The fourth-order valence-electron chi connectivity index (χ4n) is 3.87. The molecule has 1 N–H and O–H groups in total. The van der Waals surface area contributed by atoms with Crippen LogP contribution in [0.1, 0.15) is 37.7 Å². The third-order valence-electron chi connectivity index (χ3n) is 5.39. The number of nitrogens with zero attached hydrogens (tertiary/aromatic N) is 2. The molecule has 1 aromatic carbocycles. The smallest absolute Gasteiger partial charge is 0.169 e. The van der Waals surface area contributed by atoms with Gasteiger partial charge in [-0.1, -0.05) is 41.2 Å². The molecule has 2 heterocycles. The standard InChI is InChI=1S/C21H24N2O2/c24-18-7-8-19-20(22-25-21(19)14-18)9-6-16-10-12-23(13-11-16)15-17-4-2-1-3-5-17/h1-5,16,21,24H,6,9-15H2. The van der Waals surface area contributed by atoms with E-state index < -0.39 is 0 Å². The minimum Gasteiger partial charge on any atom is -0.504 e. The highest BCUT2D eigenvalue weighted by molar-refractivity contribution is 6.01. The van der Waals surface area contributed by atoms with Crippen molar-refractivity contribution in [1.29, 1.82) is 0 Å². The second-order valence-electron chi connectivity index (χ2n) is 7.19. The maximum atomic E-state index is 9.50. The molecule has 1 aliphatic carbocycles. The van der Waals surface area contributed by atoms with Crippen LogP contribution in [0.5, 0.6) is 0 Å². The van der Waals surface area contributed by atoms with Crippen molar-refractivity contribution >= 4 is 5.71 Å². The van der Waals surface area contributed by atoms with Gasteiger partial charge in [0.25, 0.3) is 0 Å². The Kier molecular flexibility index (Phi) is 4.76. The molecule has 1 aromatic rings. The van der Waals surface area contributed by atoms with Crippen molar-refractivity contribution in [2.45, 2.75) is 44.8 Å². The summed E-state index contributed by atoms with van der Waals surface area (Å²) >= 11 is 0. The van der Waals surface area contributed by atoms with Crippen LogP contribution in [-0.4, -0.2) is 34.9 Å². The lowest BCUT2D eigenvalue weighted by Gasteiger charge is -2.32. The van der Waals surface area contributed by atoms with E-state index in [0.717, 1.165) is 36.6 Å². The quantitative estimate of drug-likeness (QED) is 0.828. The maximum Gasteiger partial charge on any atom is 0.169 e. The minimum atomic E-state index is -0.149. The van der Waals surface area contributed by atoms with E-state index in [4.69, 9.17) is 4.84 Å². The first-order valence-corrected chi connectivity index (χ1v) is 9.21. The molecule has 4 nitrogen and oxygen atoms in total. The van der Waals surface area contributed by atoms with Crippen LogP contribution in [0.3, 0.4) is 0 Å². The molecule has 0 saturated carbocycles. The number of benzene rings is 1. The van der Waals surface area contributed by atoms with E-state index in [1.807, 2.05) is 0 Å². The Morgan fingerprint density at radius 2 is 1.96 bits per heavy atom. The van der Waals surface area contributed by atoms with Gasteiger partial charge in [-0.05, 0) is 56.0 Å². The van der Waals surface area contributed by atoms with Crippen LogP contribution in [0.2, 0.25) is 0 Å². The molecule has 130 valence electrons. The summed E-state index contributed by atoms with van der Waals surface area (Å²) < 4.78 is 0. The number of aliphatic hydroxyl groups is 1. The first kappa shape index (κ1) is 16.2. The monoisotopic (exact) mass is 336 g/mol. The largest absolute Gasteiger partial charge is 0.504 e. The Balaban J connectivity index is 1.25. The fraction of sp³-hybridized carbons (Fsp3) is 0.476. The van der Waals surface area contributed by atoms with Gasteiger partial charge in [-0.25, -0.2) is 0 Å². The van der Waals surface area contributed by atoms with Crippen molar-refractivity contribution in [2.75, 3.05) is 13.1 Å². The summed E-state index contributed by atoms with van der Waals surface area (Å²) in [6.45, 7) is 3.40. The Morgan fingerprint density at radius 1 is 1.16 bits per heavy atom. The predicted molar refractivity (Wildman–Crippen MR) is 97.3 cm³/mol. The van der Waals surface area contributed by atoms with E-state index in [9.17, 15) is 5.11 Å². The second-order valence-corrected chi connectivity index (χ2v) is 7.19. The molecule has 25 heavy (non-hydrogen) atoms. The van der Waals surface area contributed by atoms with Gasteiger partial charge in [-0.3, -0.25) is 4.90 Å². The Hall–Kier alpha value is -2.25. The molecular weight excluding hydrogens is 312 g/mol. The third-order valence-corrected chi connectivity index (χ3v) is 5.39. The molecule has 0 aromatic heterocycles. The summed E-state index contributed by atoms with van der Waals surface area (Å²) in [5, 5.41) is 13.7. The van der Waals surface area contributed by atoms with E-state index in [2.05, 4.69) is 51.8 Å². The van der Waals surface area contributed by atoms with Gasteiger partial charge in [0, 0.05) is 6.54 Å². The van der Waals surface area contributed by atoms with Gasteiger partial charge < -0.3 is 9.94 Å². The zero-order valence-corrected chi connectivity index (χ0v) is 14.4. The average Bonchev–Trinajstić information content (AvgIpc) is 3.04. The summed E-state index contributed by atoms with van der Waals surface area (Å²) in [7, 11) is 0. The van der Waals surface area contributed by atoms with Gasteiger partial charge in [0.2, 0.25) is 0 Å². The molecule has 1 saturated heterocycles. The molecule has 0 bridgehead atoms. The van der Waals surface area contributed by atoms with Crippen molar-refractivity contribution in [2.24, 2.45) is 11.1 Å². The number of aliphatic hydroxyl groups excluding tert-OH is 1. The lowest BCUT2D eigenvalue weighted by atomic mass is 9.89. The topological polar surface area (TPSA) is 45.1 Å². The Labute approximate surface area is 148 Å². The number of hydrogen-bond donors (Lipinski definition) is 1. The van der Waals surface area contributed by atoms with Crippen molar-refractivity contribution < 1.29 is 9.94 Å². The second kappa shape index (κ2) is 7.33. The SMILES string of the molecule is OC1=C=C=C2C(CCC3CCN(Cc4ccccc4)CC3)=NOC2C1. The van der Waals surface area contributed by atoms with Crippen LogP contribution in [0, 0.1) is 5.92 Å². The predicted octanol–water partition coefficient (Wildman–Crippen LogP) is 3.96. The van der Waals surface area contributed by atoms with Gasteiger partial charge >= 0.3 is 0 Å². The van der Waals surface area contributed by atoms with Gasteiger partial charge in [0.15, 0.2) is 6.10 Å². The Morgan fingerprint density at radius 3 is 2.76 bits per heavy atom. The van der Waals surface area contributed by atoms with Gasteiger partial charge in [-0.2, -0.15) is 0 Å². The number of fused-ring (bicyclic) bond motifs is 1. The molecule has 1 unspecified atom stereocenters. The number of likely N-dealkylation sites (tertiary alicyclic amines) is 1. The molecule has 4 heteroatoms. The molecule has 1 fully saturated rings. The highest BCUT2D eigenvalue weighted by Gasteiger charge is 2.31. The zero-order chi connectivity index (χ0) is 17.1. The van der Waals surface area contributed by atoms with Crippen molar-refractivity contribution in [3.63, 3.8) is 0 Å². The highest BCUT2D eigenvalue weighted by Crippen LogP contribution is 2.29. The normalized spacial score (nSPS) is 23.5. The average molecular weight is 336 g/mol. The zero-order valence-electron chi connectivity index (χ0n) is 14.4. The van der Waals surface area contributed by atoms with Crippen LogP contribution in [-0.2, 0) is 11.4 Å². The van der Waals surface area contributed by atoms with Gasteiger partial charge in [0.05, 0.1) is 17.7 Å². The van der Waals surface area contributed by atoms with Gasteiger partial charge in [0.1, 0.15) is 5.76 Å². The first-order valence-electron chi connectivity index (χ1n) is 9.21. The van der Waals surface area contributed by atoms with Crippen LogP contribution >= 0.6 is 0 Å². The fourth-order valence-corrected chi connectivity index (χ4v) is 3.87. The maximum absolute atomic E-state index is 9.50. The molecule has 0 spiro atoms. The molecule has 3 aliphatic rings. The van der Waals surface area contributed by atoms with E-state index in [1.165, 1.54) is 31.5 Å². The number of hydrogen-bond acceptors (Lipinski definition) is 4. The summed E-state index contributed by atoms with van der Waals surface area (Å²) in [6, 6.07) is 10.7. The minimum absolute atomic E-state index is 0.149. The van der Waals surface area contributed by atoms with Crippen LogP contribution in [0.25, 0.3) is 0 Å². The molecule has 1 atom stereocenters. The van der Waals surface area contributed by atoms with E-state index in [1.54, 1.807) is 0 Å². The number of rotatable bonds is 5. The summed E-state index contributed by atoms with van der Waals surface area (Å²) in [5.74, 6) is 0.960. The summed E-state index contributed by atoms with van der Waals surface area (Å²) in [5.41, 5.74) is 9.17. The Bertz CT molecular complexity index is 747. The molecule has 4 rings (SSSR count). The summed E-state index contributed by atoms with van der Waals surface area (Å²) in [6.07, 6.45) is 4.90. The first-order chi connectivity index (χ1) is 12.3. The van der Waals surface area contributed by atoms with Crippen LogP contribution < -0.4 is 0 Å². The van der Waals surface area contributed by atoms with E-state index in [0.29, 0.717) is 6.42 Å². The van der Waals surface area contributed by atoms with Crippen molar-refractivity contribution in [3.05, 3.63) is 58.7 Å². The summed E-state index contributed by atoms with van der Waals surface area (Å²) in [4.78, 5) is 7.98. The molecular formula is C21H24N2O2. The number of piperidine rings is 1. The molecule has 0 amide bonds. The highest BCUT2D eigenvalue weighted by atomic mass is 16.6. The van der Waals surface area contributed by atoms with Crippen molar-refractivity contribution in [1.82, 2.24) is 4.90 Å². The lowest BCUT2D eigenvalue weighted by molar-refractivity contribution is 0.0951. The number of oxime groups is 1. The lowest BCUT2D eigenvalue weighted by Crippen LogP contribution is -2.33. The van der Waals surface area contributed by atoms with Gasteiger partial charge in [-0.15, -0.1) is 0 Å². The van der Waals surface area contributed by atoms with E-state index in [-0.39, 0.29) is 11.9 Å². The third kappa shape index (κ3) is 3.88. The molecule has 2 aliphatic heterocycles. The van der Waals surface area contributed by atoms with Crippen LogP contribution in [0.15, 0.2) is 58.3 Å². The van der Waals surface area contributed by atoms with Crippen molar-refractivity contribution in [3.8, 4) is 0 Å². The van der Waals surface area contributed by atoms with E-state index >= 15 is 0 Å².